The largest absolute Gasteiger partial charge is 0.394 e. The van der Waals surface area contributed by atoms with E-state index in [1.165, 1.54) is 10.8 Å². The fraction of sp³-hybridized carbons (Fsp3) is 0.385. The number of terminal acetylenes is 1. The Morgan fingerprint density at radius 3 is 2.94 bits per heavy atom. The molecule has 1 aromatic rings. The van der Waals surface area contributed by atoms with Gasteiger partial charge in [-0.05, 0) is 13.3 Å². The maximum Gasteiger partial charge on any atom is 0.328 e. The van der Waals surface area contributed by atoms with Crippen LogP contribution in [0.4, 0.5) is 0 Å². The third-order valence-corrected chi connectivity index (χ3v) is 3.28. The molecule has 2 N–H and O–H groups in total. The zero-order chi connectivity index (χ0) is 13.3. The van der Waals surface area contributed by atoms with Gasteiger partial charge in [-0.15, -0.1) is 6.42 Å². The quantitative estimate of drug-likeness (QED) is 0.568. The summed E-state index contributed by atoms with van der Waals surface area (Å²) in [5, 5.41) is 9.31. The summed E-state index contributed by atoms with van der Waals surface area (Å²) in [6.07, 6.45) is 10.9. The summed E-state index contributed by atoms with van der Waals surface area (Å²) in [7, 11) is 0. The lowest BCUT2D eigenvalue weighted by molar-refractivity contribution is 0.203. The molecular weight excluding hydrogens is 232 g/mol. The van der Waals surface area contributed by atoms with E-state index in [1.807, 2.05) is 0 Å². The number of nitrogens with one attached hydrogen (secondary N) is 1. The molecule has 94 valence electrons. The van der Waals surface area contributed by atoms with E-state index in [1.54, 1.807) is 19.1 Å². The first-order valence-corrected chi connectivity index (χ1v) is 5.61. The molecule has 5 heteroatoms. The number of nitrogens with zero attached hydrogens (tertiary/aromatic N) is 1. The van der Waals surface area contributed by atoms with E-state index >= 15 is 0 Å². The van der Waals surface area contributed by atoms with Gasteiger partial charge in [-0.2, -0.15) is 0 Å². The molecule has 2 rings (SSSR count). The van der Waals surface area contributed by atoms with Crippen molar-refractivity contribution in [3.8, 4) is 12.3 Å². The number of aromatic nitrogens is 2. The molecule has 2 atom stereocenters. The number of rotatable bonds is 2. The van der Waals surface area contributed by atoms with Crippen molar-refractivity contribution in [2.45, 2.75) is 19.4 Å². The molecule has 0 bridgehead atoms. The highest BCUT2D eigenvalue weighted by Crippen LogP contribution is 2.36. The SMILES string of the molecule is C#C[C@]1(CO)C=C[C@H](n2cc(C)c(=O)[nH]c2=O)C1. The van der Waals surface area contributed by atoms with Crippen molar-refractivity contribution in [3.63, 3.8) is 0 Å². The second-order valence-corrected chi connectivity index (χ2v) is 4.57. The molecule has 0 aromatic carbocycles. The van der Waals surface area contributed by atoms with Crippen molar-refractivity contribution < 1.29 is 5.11 Å². The molecule has 0 radical (unpaired) electrons. The van der Waals surface area contributed by atoms with Crippen LogP contribution in [0.3, 0.4) is 0 Å². The summed E-state index contributed by atoms with van der Waals surface area (Å²) >= 11 is 0. The maximum atomic E-state index is 11.7. The van der Waals surface area contributed by atoms with Crippen molar-refractivity contribution in [3.05, 3.63) is 44.8 Å². The maximum absolute atomic E-state index is 11.7. The zero-order valence-corrected chi connectivity index (χ0v) is 10.0. The molecule has 5 nitrogen and oxygen atoms in total. The summed E-state index contributed by atoms with van der Waals surface area (Å²) in [4.78, 5) is 25.3. The van der Waals surface area contributed by atoms with Crippen LogP contribution in [0.1, 0.15) is 18.0 Å². The number of aromatic amines is 1. The highest BCUT2D eigenvalue weighted by Gasteiger charge is 2.33. The van der Waals surface area contributed by atoms with Crippen LogP contribution >= 0.6 is 0 Å². The first kappa shape index (κ1) is 12.4. The van der Waals surface area contributed by atoms with Gasteiger partial charge in [0.1, 0.15) is 0 Å². The molecule has 1 aromatic heterocycles. The molecule has 1 aliphatic rings. The number of aliphatic hydroxyl groups is 1. The zero-order valence-electron chi connectivity index (χ0n) is 10.0. The summed E-state index contributed by atoms with van der Waals surface area (Å²) < 4.78 is 1.43. The average molecular weight is 246 g/mol. The van der Waals surface area contributed by atoms with E-state index in [-0.39, 0.29) is 18.2 Å². The standard InChI is InChI=1S/C13H14N2O3/c1-3-13(8-16)5-4-10(6-13)15-7-9(2)11(17)14-12(15)18/h1,4-5,7,10,16H,6,8H2,2H3,(H,14,17,18)/t10-,13-/m0/s1. The summed E-state index contributed by atoms with van der Waals surface area (Å²) in [5.41, 5.74) is -1.10. The van der Waals surface area contributed by atoms with Crippen LogP contribution < -0.4 is 11.2 Å². The van der Waals surface area contributed by atoms with Gasteiger partial charge in [0.2, 0.25) is 0 Å². The van der Waals surface area contributed by atoms with Gasteiger partial charge in [-0.1, -0.05) is 18.1 Å². The van der Waals surface area contributed by atoms with Crippen LogP contribution in [-0.4, -0.2) is 21.3 Å². The molecule has 1 aliphatic carbocycles. The number of H-pyrrole nitrogens is 1. The Hall–Kier alpha value is -2.06. The van der Waals surface area contributed by atoms with E-state index in [0.29, 0.717) is 12.0 Å². The van der Waals surface area contributed by atoms with E-state index < -0.39 is 11.1 Å². The van der Waals surface area contributed by atoms with E-state index in [4.69, 9.17) is 6.42 Å². The Morgan fingerprint density at radius 1 is 1.67 bits per heavy atom. The monoisotopic (exact) mass is 246 g/mol. The summed E-state index contributed by atoms with van der Waals surface area (Å²) in [5.74, 6) is 2.55. The van der Waals surface area contributed by atoms with Crippen molar-refractivity contribution in [2.24, 2.45) is 5.41 Å². The van der Waals surface area contributed by atoms with Gasteiger partial charge in [0.05, 0.1) is 18.1 Å². The molecular formula is C13H14N2O3. The number of hydrogen-bond donors (Lipinski definition) is 2. The van der Waals surface area contributed by atoms with Gasteiger partial charge in [0, 0.05) is 11.8 Å². The average Bonchev–Trinajstić information content (AvgIpc) is 2.79. The van der Waals surface area contributed by atoms with Crippen LogP contribution in [0.2, 0.25) is 0 Å². The van der Waals surface area contributed by atoms with Crippen LogP contribution in [0, 0.1) is 24.7 Å². The lowest BCUT2D eigenvalue weighted by Gasteiger charge is -2.20. The van der Waals surface area contributed by atoms with Crippen LogP contribution in [0.25, 0.3) is 0 Å². The van der Waals surface area contributed by atoms with Gasteiger partial charge < -0.3 is 5.11 Å². The molecule has 0 spiro atoms. The molecule has 0 amide bonds. The molecule has 0 aliphatic heterocycles. The highest BCUT2D eigenvalue weighted by atomic mass is 16.3. The van der Waals surface area contributed by atoms with Gasteiger partial charge in [0.25, 0.3) is 5.56 Å². The third kappa shape index (κ3) is 1.91. The predicted molar refractivity (Wildman–Crippen MR) is 67.2 cm³/mol. The van der Waals surface area contributed by atoms with Crippen molar-refractivity contribution in [2.75, 3.05) is 6.61 Å². The number of aliphatic hydroxyl groups excluding tert-OH is 1. The van der Waals surface area contributed by atoms with Crippen LogP contribution in [0.15, 0.2) is 27.9 Å². The Labute approximate surface area is 104 Å². The van der Waals surface area contributed by atoms with E-state index in [9.17, 15) is 14.7 Å². The Kier molecular flexibility index (Phi) is 2.97. The Balaban J connectivity index is 2.41. The van der Waals surface area contributed by atoms with Crippen LogP contribution in [-0.2, 0) is 0 Å². The molecule has 1 heterocycles. The minimum absolute atomic E-state index is 0.159. The van der Waals surface area contributed by atoms with Gasteiger partial charge in [0.15, 0.2) is 0 Å². The van der Waals surface area contributed by atoms with Gasteiger partial charge >= 0.3 is 5.69 Å². The fourth-order valence-electron chi connectivity index (χ4n) is 2.10. The van der Waals surface area contributed by atoms with E-state index in [2.05, 4.69) is 10.9 Å². The first-order valence-electron chi connectivity index (χ1n) is 5.61. The Morgan fingerprint density at radius 2 is 2.39 bits per heavy atom. The van der Waals surface area contributed by atoms with Crippen LogP contribution in [0.5, 0.6) is 0 Å². The van der Waals surface area contributed by atoms with Crippen molar-refractivity contribution in [1.82, 2.24) is 9.55 Å². The number of hydrogen-bond acceptors (Lipinski definition) is 3. The molecule has 0 saturated heterocycles. The predicted octanol–water partition coefficient (Wildman–Crippen LogP) is -0.0421. The second-order valence-electron chi connectivity index (χ2n) is 4.57. The fourth-order valence-corrected chi connectivity index (χ4v) is 2.10. The first-order chi connectivity index (χ1) is 8.51. The topological polar surface area (TPSA) is 75.1 Å². The molecule has 18 heavy (non-hydrogen) atoms. The second kappa shape index (κ2) is 4.31. The molecule has 0 saturated carbocycles. The summed E-state index contributed by atoms with van der Waals surface area (Å²) in [6.45, 7) is 1.47. The van der Waals surface area contributed by atoms with Gasteiger partial charge in [-0.25, -0.2) is 4.79 Å². The normalized spacial score (nSPS) is 26.2. The Bertz CT molecular complexity index is 647. The number of aryl methyl sites for hydroxylation is 1. The lowest BCUT2D eigenvalue weighted by Crippen LogP contribution is -2.33. The minimum Gasteiger partial charge on any atom is -0.394 e. The minimum atomic E-state index is -0.714. The van der Waals surface area contributed by atoms with Gasteiger partial charge in [-0.3, -0.25) is 14.3 Å². The summed E-state index contributed by atoms with van der Waals surface area (Å²) in [6, 6.07) is -0.240. The lowest BCUT2D eigenvalue weighted by atomic mass is 9.89. The smallest absolute Gasteiger partial charge is 0.328 e. The van der Waals surface area contributed by atoms with Crippen molar-refractivity contribution in [1.29, 1.82) is 0 Å². The highest BCUT2D eigenvalue weighted by molar-refractivity contribution is 5.24. The van der Waals surface area contributed by atoms with E-state index in [0.717, 1.165) is 0 Å². The molecule has 0 unspecified atom stereocenters. The number of allylic oxidation sites excluding steroid dienone is 1. The third-order valence-electron chi connectivity index (χ3n) is 3.28. The van der Waals surface area contributed by atoms with Crippen molar-refractivity contribution >= 4 is 0 Å². The molecule has 0 fully saturated rings.